The summed E-state index contributed by atoms with van der Waals surface area (Å²) >= 11 is 12.2. The Balaban J connectivity index is 1.78. The van der Waals surface area contributed by atoms with Crippen LogP contribution >= 0.6 is 23.2 Å². The lowest BCUT2D eigenvalue weighted by Crippen LogP contribution is -2.57. The fourth-order valence-electron chi connectivity index (χ4n) is 3.99. The van der Waals surface area contributed by atoms with Gasteiger partial charge in [0.15, 0.2) is 0 Å². The Bertz CT molecular complexity index is 943. The summed E-state index contributed by atoms with van der Waals surface area (Å²) in [6.45, 7) is 4.08. The van der Waals surface area contributed by atoms with Crippen LogP contribution in [0, 0.1) is 0 Å². The van der Waals surface area contributed by atoms with Gasteiger partial charge in [-0.25, -0.2) is 0 Å². The molecule has 1 saturated carbocycles. The first-order valence-corrected chi connectivity index (χ1v) is 10.9. The van der Waals surface area contributed by atoms with Gasteiger partial charge in [0.1, 0.15) is 0 Å². The quantitative estimate of drug-likeness (QED) is 0.425. The van der Waals surface area contributed by atoms with Crippen molar-refractivity contribution in [2.45, 2.75) is 56.8 Å². The fraction of sp³-hybridized carbons (Fsp3) is 0.391. The van der Waals surface area contributed by atoms with Gasteiger partial charge in [0.2, 0.25) is 12.3 Å². The minimum absolute atomic E-state index is 0.0545. The zero-order valence-corrected chi connectivity index (χ0v) is 19.0. The minimum atomic E-state index is -0.724. The second-order valence-electron chi connectivity index (χ2n) is 8.38. The first-order chi connectivity index (χ1) is 14.7. The van der Waals surface area contributed by atoms with Crippen LogP contribution in [0.15, 0.2) is 42.5 Å². The molecule has 31 heavy (non-hydrogen) atoms. The summed E-state index contributed by atoms with van der Waals surface area (Å²) in [6.07, 6.45) is 1.65. The molecule has 6 nitrogen and oxygen atoms in total. The maximum absolute atomic E-state index is 13.2. The lowest BCUT2D eigenvalue weighted by Gasteiger charge is -2.42. The molecule has 1 unspecified atom stereocenters. The molecule has 2 amide bonds. The lowest BCUT2D eigenvalue weighted by molar-refractivity contribution is -0.127. The van der Waals surface area contributed by atoms with E-state index < -0.39 is 11.6 Å². The van der Waals surface area contributed by atoms with E-state index in [2.05, 4.69) is 16.0 Å². The molecule has 166 valence electrons. The minimum Gasteiger partial charge on any atom is -0.390 e. The van der Waals surface area contributed by atoms with Gasteiger partial charge in [0.05, 0.1) is 11.6 Å². The normalized spacial score (nSPS) is 22.2. The molecule has 0 aliphatic heterocycles. The van der Waals surface area contributed by atoms with E-state index in [1.165, 1.54) is 0 Å². The molecule has 0 spiro atoms. The summed E-state index contributed by atoms with van der Waals surface area (Å²) in [4.78, 5) is 24.1. The second-order valence-corrected chi connectivity index (χ2v) is 9.25. The highest BCUT2D eigenvalue weighted by atomic mass is 35.5. The average molecular weight is 464 g/mol. The maximum atomic E-state index is 13.2. The number of hydrogen-bond acceptors (Lipinski definition) is 4. The molecule has 0 aromatic heterocycles. The fourth-order valence-corrected chi connectivity index (χ4v) is 4.37. The van der Waals surface area contributed by atoms with E-state index >= 15 is 0 Å². The van der Waals surface area contributed by atoms with Gasteiger partial charge in [0.25, 0.3) is 0 Å². The molecule has 1 aliphatic rings. The predicted octanol–water partition coefficient (Wildman–Crippen LogP) is 3.85. The molecule has 0 bridgehead atoms. The third-order valence-electron chi connectivity index (χ3n) is 5.67. The summed E-state index contributed by atoms with van der Waals surface area (Å²) in [5.41, 5.74) is 1.60. The van der Waals surface area contributed by atoms with Crippen LogP contribution in [-0.2, 0) is 16.1 Å². The summed E-state index contributed by atoms with van der Waals surface area (Å²) in [5, 5.41) is 20.1. The van der Waals surface area contributed by atoms with Crippen molar-refractivity contribution in [2.24, 2.45) is 0 Å². The number of rotatable bonds is 9. The highest BCUT2D eigenvalue weighted by Crippen LogP contribution is 2.32. The van der Waals surface area contributed by atoms with Crippen LogP contribution < -0.4 is 16.0 Å². The molecule has 4 N–H and O–H groups in total. The Morgan fingerprint density at radius 1 is 1.23 bits per heavy atom. The summed E-state index contributed by atoms with van der Waals surface area (Å²) in [5.74, 6) is -0.319. The van der Waals surface area contributed by atoms with E-state index in [0.717, 1.165) is 11.1 Å². The van der Waals surface area contributed by atoms with E-state index in [1.54, 1.807) is 25.1 Å². The summed E-state index contributed by atoms with van der Waals surface area (Å²) in [7, 11) is 0. The molecule has 8 heteroatoms. The van der Waals surface area contributed by atoms with Crippen molar-refractivity contribution in [3.05, 3.63) is 63.6 Å². The number of carbonyl (C=O) groups excluding carboxylic acids is 2. The maximum Gasteiger partial charge on any atom is 0.237 e. The summed E-state index contributed by atoms with van der Waals surface area (Å²) < 4.78 is 0. The van der Waals surface area contributed by atoms with Crippen LogP contribution in [-0.4, -0.2) is 35.1 Å². The van der Waals surface area contributed by atoms with Crippen molar-refractivity contribution >= 4 is 41.2 Å². The third kappa shape index (κ3) is 6.20. The molecule has 2 aromatic carbocycles. The Morgan fingerprint density at radius 2 is 1.94 bits per heavy atom. The van der Waals surface area contributed by atoms with Crippen molar-refractivity contribution < 1.29 is 14.7 Å². The second kappa shape index (κ2) is 10.0. The van der Waals surface area contributed by atoms with Gasteiger partial charge in [-0.3, -0.25) is 9.59 Å². The van der Waals surface area contributed by atoms with Crippen molar-refractivity contribution in [3.63, 3.8) is 0 Å². The molecule has 1 aliphatic carbocycles. The van der Waals surface area contributed by atoms with E-state index in [4.69, 9.17) is 23.2 Å². The molecular formula is C23H27Cl2N3O3. The highest BCUT2D eigenvalue weighted by molar-refractivity contribution is 6.31. The Kier molecular flexibility index (Phi) is 7.59. The topological polar surface area (TPSA) is 90.5 Å². The zero-order chi connectivity index (χ0) is 22.6. The van der Waals surface area contributed by atoms with E-state index in [0.29, 0.717) is 41.5 Å². The SMILES string of the molecule is CC(c1cccc(Cl)c1)[C@@H](NCc1ccc(Cl)cc1NC=O)C(=O)NC1CC(C)(O)C1. The smallest absolute Gasteiger partial charge is 0.237 e. The number of halogens is 2. The van der Waals surface area contributed by atoms with Crippen LogP contribution in [0.5, 0.6) is 0 Å². The molecule has 2 aromatic rings. The summed E-state index contributed by atoms with van der Waals surface area (Å²) in [6, 6.07) is 12.0. The van der Waals surface area contributed by atoms with Crippen LogP contribution in [0.3, 0.4) is 0 Å². The molecule has 2 atom stereocenters. The number of aliphatic hydroxyl groups is 1. The Morgan fingerprint density at radius 3 is 2.58 bits per heavy atom. The van der Waals surface area contributed by atoms with E-state index in [1.807, 2.05) is 31.2 Å². The van der Waals surface area contributed by atoms with Crippen LogP contribution in [0.25, 0.3) is 0 Å². The van der Waals surface area contributed by atoms with Gasteiger partial charge in [-0.2, -0.15) is 0 Å². The predicted molar refractivity (Wildman–Crippen MR) is 123 cm³/mol. The van der Waals surface area contributed by atoms with Crippen LogP contribution in [0.1, 0.15) is 43.7 Å². The zero-order valence-electron chi connectivity index (χ0n) is 17.5. The molecule has 3 rings (SSSR count). The molecule has 0 saturated heterocycles. The van der Waals surface area contributed by atoms with E-state index in [9.17, 15) is 14.7 Å². The number of carbonyl (C=O) groups is 2. The van der Waals surface area contributed by atoms with Crippen molar-refractivity contribution in [1.82, 2.24) is 10.6 Å². The monoisotopic (exact) mass is 463 g/mol. The Hall–Kier alpha value is -2.12. The lowest BCUT2D eigenvalue weighted by atomic mass is 9.77. The number of anilines is 1. The molecule has 0 radical (unpaired) electrons. The average Bonchev–Trinajstić information content (AvgIpc) is 2.68. The first kappa shape index (κ1) is 23.5. The van der Waals surface area contributed by atoms with E-state index in [-0.39, 0.29) is 17.9 Å². The molecule has 1 fully saturated rings. The largest absolute Gasteiger partial charge is 0.390 e. The van der Waals surface area contributed by atoms with Gasteiger partial charge in [-0.1, -0.05) is 48.3 Å². The van der Waals surface area contributed by atoms with Gasteiger partial charge in [-0.15, -0.1) is 0 Å². The van der Waals surface area contributed by atoms with Crippen LogP contribution in [0.2, 0.25) is 10.0 Å². The van der Waals surface area contributed by atoms with Crippen LogP contribution in [0.4, 0.5) is 5.69 Å². The molecule has 0 heterocycles. The number of amides is 2. The van der Waals surface area contributed by atoms with Gasteiger partial charge < -0.3 is 21.1 Å². The third-order valence-corrected chi connectivity index (χ3v) is 6.14. The number of hydrogen-bond donors (Lipinski definition) is 4. The van der Waals surface area contributed by atoms with Crippen molar-refractivity contribution in [3.8, 4) is 0 Å². The van der Waals surface area contributed by atoms with Gasteiger partial charge in [0, 0.05) is 34.2 Å². The first-order valence-electron chi connectivity index (χ1n) is 10.2. The van der Waals surface area contributed by atoms with Gasteiger partial charge in [-0.05, 0) is 55.2 Å². The molecular weight excluding hydrogens is 437 g/mol. The highest BCUT2D eigenvalue weighted by Gasteiger charge is 2.40. The van der Waals surface area contributed by atoms with Gasteiger partial charge >= 0.3 is 0 Å². The van der Waals surface area contributed by atoms with Crippen molar-refractivity contribution in [2.75, 3.05) is 5.32 Å². The standard InChI is InChI=1S/C23H27Cl2N3O3/c1-14(15-4-3-5-17(24)8-15)21(22(30)28-19-10-23(2,31)11-19)26-12-16-6-7-18(25)9-20(16)27-13-29/h3-9,13-14,19,21,26,31H,10-12H2,1-2H3,(H,27,29)(H,28,30)/t14?,19?,21-,23?/m1/s1. The number of benzene rings is 2. The van der Waals surface area contributed by atoms with Crippen molar-refractivity contribution in [1.29, 1.82) is 0 Å². The Labute approximate surface area is 192 Å². The number of nitrogens with one attached hydrogen (secondary N) is 3.